The topological polar surface area (TPSA) is 64.6 Å². The van der Waals surface area contributed by atoms with Crippen molar-refractivity contribution in [2.75, 3.05) is 31.5 Å². The number of aliphatic hydroxyl groups excluding tert-OH is 1. The summed E-state index contributed by atoms with van der Waals surface area (Å²) < 4.78 is 37.4. The summed E-state index contributed by atoms with van der Waals surface area (Å²) in [6.07, 6.45) is -1.63. The van der Waals surface area contributed by atoms with Gasteiger partial charge in [-0.1, -0.05) is 6.42 Å². The van der Waals surface area contributed by atoms with Gasteiger partial charge in [0.2, 0.25) is 0 Å². The molecule has 0 aromatic heterocycles. The molecule has 0 radical (unpaired) electrons. The van der Waals surface area contributed by atoms with Gasteiger partial charge in [-0.15, -0.1) is 0 Å². The van der Waals surface area contributed by atoms with Crippen LogP contribution in [0, 0.1) is 0 Å². The molecule has 5 nitrogen and oxygen atoms in total. The van der Waals surface area contributed by atoms with Crippen molar-refractivity contribution in [2.24, 2.45) is 0 Å². The van der Waals surface area contributed by atoms with Crippen molar-refractivity contribution in [2.45, 2.75) is 31.5 Å². The minimum atomic E-state index is -4.40. The van der Waals surface area contributed by atoms with Crippen LogP contribution in [0.4, 0.5) is 23.7 Å². The largest absolute Gasteiger partial charge is 0.416 e. The molecule has 1 saturated heterocycles. The van der Waals surface area contributed by atoms with Gasteiger partial charge in [-0.2, -0.15) is 13.2 Å². The Labute approximate surface area is 138 Å². The smallest absolute Gasteiger partial charge is 0.390 e. The minimum absolute atomic E-state index is 0.0863. The van der Waals surface area contributed by atoms with Gasteiger partial charge in [0.05, 0.1) is 11.7 Å². The molecule has 0 spiro atoms. The highest BCUT2D eigenvalue weighted by Gasteiger charge is 2.30. The van der Waals surface area contributed by atoms with E-state index in [9.17, 15) is 23.1 Å². The van der Waals surface area contributed by atoms with Crippen molar-refractivity contribution >= 4 is 11.7 Å². The Hall–Kier alpha value is -1.80. The number of likely N-dealkylation sites (tertiary alicyclic amines) is 1. The first-order valence-corrected chi connectivity index (χ1v) is 7.97. The van der Waals surface area contributed by atoms with Crippen molar-refractivity contribution in [1.29, 1.82) is 0 Å². The number of amides is 2. The van der Waals surface area contributed by atoms with Crippen LogP contribution in [0.15, 0.2) is 24.3 Å². The Kier molecular flexibility index (Phi) is 6.44. The number of carbonyl (C=O) groups excluding carboxylic acids is 1. The van der Waals surface area contributed by atoms with Gasteiger partial charge < -0.3 is 20.6 Å². The number of hydrogen-bond donors (Lipinski definition) is 3. The second-order valence-corrected chi connectivity index (χ2v) is 5.93. The second-order valence-electron chi connectivity index (χ2n) is 5.93. The number of rotatable bonds is 5. The molecule has 1 atom stereocenters. The van der Waals surface area contributed by atoms with Gasteiger partial charge >= 0.3 is 12.2 Å². The summed E-state index contributed by atoms with van der Waals surface area (Å²) in [6.45, 7) is 2.49. The number of nitrogens with zero attached hydrogens (tertiary/aromatic N) is 1. The zero-order chi connectivity index (χ0) is 17.6. The molecule has 8 heteroatoms. The van der Waals surface area contributed by atoms with Gasteiger partial charge in [0.15, 0.2) is 0 Å². The lowest BCUT2D eigenvalue weighted by molar-refractivity contribution is -0.137. The van der Waals surface area contributed by atoms with Gasteiger partial charge in [-0.25, -0.2) is 4.79 Å². The first-order valence-electron chi connectivity index (χ1n) is 7.97. The first-order chi connectivity index (χ1) is 11.3. The number of piperidine rings is 1. The van der Waals surface area contributed by atoms with E-state index in [-0.39, 0.29) is 12.2 Å². The number of aliphatic hydroxyl groups is 1. The third-order valence-corrected chi connectivity index (χ3v) is 3.89. The standard InChI is InChI=1S/C16H22F3N3O2/c17-16(18,19)12-4-6-13(7-5-12)21-15(24)20-10-14(23)11-22-8-2-1-3-9-22/h4-7,14,23H,1-3,8-11H2,(H2,20,21,24). The Morgan fingerprint density at radius 3 is 2.38 bits per heavy atom. The van der Waals surface area contributed by atoms with Gasteiger partial charge in [0.1, 0.15) is 0 Å². The maximum atomic E-state index is 12.5. The fourth-order valence-corrected chi connectivity index (χ4v) is 2.63. The van der Waals surface area contributed by atoms with E-state index < -0.39 is 23.9 Å². The number of halogens is 3. The molecule has 24 heavy (non-hydrogen) atoms. The summed E-state index contributed by atoms with van der Waals surface area (Å²) in [6, 6.07) is 3.62. The van der Waals surface area contributed by atoms with E-state index in [1.165, 1.54) is 18.6 Å². The summed E-state index contributed by atoms with van der Waals surface area (Å²) >= 11 is 0. The van der Waals surface area contributed by atoms with E-state index in [4.69, 9.17) is 0 Å². The molecule has 134 valence electrons. The molecule has 3 N–H and O–H groups in total. The van der Waals surface area contributed by atoms with Crippen LogP contribution in [-0.4, -0.2) is 48.3 Å². The van der Waals surface area contributed by atoms with E-state index in [1.54, 1.807) is 0 Å². The maximum absolute atomic E-state index is 12.5. The molecule has 1 fully saturated rings. The summed E-state index contributed by atoms with van der Waals surface area (Å²) in [5, 5.41) is 14.9. The monoisotopic (exact) mass is 345 g/mol. The number of benzene rings is 1. The van der Waals surface area contributed by atoms with E-state index in [2.05, 4.69) is 15.5 Å². The van der Waals surface area contributed by atoms with Crippen molar-refractivity contribution in [3.63, 3.8) is 0 Å². The Bertz CT molecular complexity index is 528. The highest BCUT2D eigenvalue weighted by molar-refractivity contribution is 5.89. The van der Waals surface area contributed by atoms with Crippen molar-refractivity contribution in [3.8, 4) is 0 Å². The normalized spacial score (nSPS) is 17.3. The fourth-order valence-electron chi connectivity index (χ4n) is 2.63. The molecule has 2 amide bonds. The summed E-state index contributed by atoms with van der Waals surface area (Å²) in [7, 11) is 0. The molecule has 2 rings (SSSR count). The highest BCUT2D eigenvalue weighted by Crippen LogP contribution is 2.29. The molecule has 1 aliphatic heterocycles. The Morgan fingerprint density at radius 1 is 1.17 bits per heavy atom. The second kappa shape index (κ2) is 8.34. The van der Waals surface area contributed by atoms with Gasteiger partial charge in [0.25, 0.3) is 0 Å². The molecule has 1 unspecified atom stereocenters. The zero-order valence-electron chi connectivity index (χ0n) is 13.3. The van der Waals surface area contributed by atoms with Crippen LogP contribution in [0.2, 0.25) is 0 Å². The fraction of sp³-hybridized carbons (Fsp3) is 0.562. The third kappa shape index (κ3) is 6.01. The minimum Gasteiger partial charge on any atom is -0.390 e. The Morgan fingerprint density at radius 2 is 1.79 bits per heavy atom. The summed E-state index contributed by atoms with van der Waals surface area (Å²) in [5.41, 5.74) is -0.517. The molecule has 0 bridgehead atoms. The van der Waals surface area contributed by atoms with Gasteiger partial charge in [-0.3, -0.25) is 0 Å². The lowest BCUT2D eigenvalue weighted by Crippen LogP contribution is -2.42. The van der Waals surface area contributed by atoms with Gasteiger partial charge in [0, 0.05) is 18.8 Å². The van der Waals surface area contributed by atoms with Crippen molar-refractivity contribution in [3.05, 3.63) is 29.8 Å². The molecular formula is C16H22F3N3O2. The number of nitrogens with one attached hydrogen (secondary N) is 2. The number of anilines is 1. The molecule has 1 aliphatic rings. The lowest BCUT2D eigenvalue weighted by atomic mass is 10.1. The number of urea groups is 1. The summed E-state index contributed by atoms with van der Waals surface area (Å²) in [5.74, 6) is 0. The van der Waals surface area contributed by atoms with Crippen LogP contribution in [-0.2, 0) is 6.18 Å². The van der Waals surface area contributed by atoms with Crippen LogP contribution in [0.3, 0.4) is 0 Å². The molecule has 1 heterocycles. The zero-order valence-corrected chi connectivity index (χ0v) is 13.3. The van der Waals surface area contributed by atoms with E-state index in [0.717, 1.165) is 38.1 Å². The number of hydrogen-bond acceptors (Lipinski definition) is 3. The molecule has 0 aliphatic carbocycles. The predicted octanol–water partition coefficient (Wildman–Crippen LogP) is 2.67. The molecule has 0 saturated carbocycles. The van der Waals surface area contributed by atoms with Crippen LogP contribution in [0.25, 0.3) is 0 Å². The highest BCUT2D eigenvalue weighted by atomic mass is 19.4. The molecule has 1 aromatic carbocycles. The average Bonchev–Trinajstić information content (AvgIpc) is 2.53. The van der Waals surface area contributed by atoms with E-state index >= 15 is 0 Å². The van der Waals surface area contributed by atoms with Crippen LogP contribution in [0.1, 0.15) is 24.8 Å². The third-order valence-electron chi connectivity index (χ3n) is 3.89. The number of alkyl halides is 3. The van der Waals surface area contributed by atoms with Gasteiger partial charge in [-0.05, 0) is 50.2 Å². The van der Waals surface area contributed by atoms with E-state index in [0.29, 0.717) is 6.54 Å². The first kappa shape index (κ1) is 18.5. The lowest BCUT2D eigenvalue weighted by Gasteiger charge is -2.28. The molecule has 1 aromatic rings. The average molecular weight is 345 g/mol. The van der Waals surface area contributed by atoms with Crippen molar-refractivity contribution < 1.29 is 23.1 Å². The van der Waals surface area contributed by atoms with Crippen LogP contribution in [0.5, 0.6) is 0 Å². The van der Waals surface area contributed by atoms with E-state index in [1.807, 2.05) is 0 Å². The van der Waals surface area contributed by atoms with Crippen LogP contribution < -0.4 is 10.6 Å². The van der Waals surface area contributed by atoms with Crippen LogP contribution >= 0.6 is 0 Å². The predicted molar refractivity (Wildman–Crippen MR) is 84.8 cm³/mol. The quantitative estimate of drug-likeness (QED) is 0.769. The summed E-state index contributed by atoms with van der Waals surface area (Å²) in [4.78, 5) is 13.9. The maximum Gasteiger partial charge on any atom is 0.416 e. The van der Waals surface area contributed by atoms with Crippen molar-refractivity contribution in [1.82, 2.24) is 10.2 Å². The molecular weight excluding hydrogens is 323 g/mol. The number of carbonyl (C=O) groups is 1. The number of β-amino-alcohol motifs (C(OH)–C–C–N with tert-alkyl or cyclic N) is 1. The SMILES string of the molecule is O=C(NCC(O)CN1CCCCC1)Nc1ccc(C(F)(F)F)cc1. The Balaban J connectivity index is 1.72.